The monoisotopic (exact) mass is 824 g/mol. The Morgan fingerprint density at radius 1 is 0.808 bits per heavy atom. The third kappa shape index (κ3) is 10.6. The maximum atomic E-state index is 11.7. The van der Waals surface area contributed by atoms with Crippen molar-refractivity contribution >= 4 is 92.5 Å². The van der Waals surface area contributed by atoms with E-state index in [2.05, 4.69) is 56.9 Å². The van der Waals surface area contributed by atoms with Crippen LogP contribution in [0.3, 0.4) is 0 Å². The molecule has 0 aliphatic carbocycles. The molecule has 4 aromatic carbocycles. The summed E-state index contributed by atoms with van der Waals surface area (Å²) in [5.41, 5.74) is 13.6. The van der Waals surface area contributed by atoms with Crippen molar-refractivity contribution in [1.29, 1.82) is 0 Å². The lowest BCUT2D eigenvalue weighted by Gasteiger charge is -2.32. The summed E-state index contributed by atoms with van der Waals surface area (Å²) in [6.07, 6.45) is -0.419. The maximum absolute atomic E-state index is 11.7. The molecule has 10 nitrogen and oxygen atoms in total. The van der Waals surface area contributed by atoms with Crippen molar-refractivity contribution in [2.45, 2.75) is 78.4 Å². The molecule has 0 spiro atoms. The standard InChI is InChI=1S/C18H28BNO4.C13H11N3S.C6H3BrN2S.ClH/c1-16(2,3)22-15(21)20-12-13-8-10-14(11-9-13)19-23-17(4,5)18(6,7)24-19;14-8-9-4-6-10(7-5-9)11-2-1-3-12-13(11)16-17-15-12;7-4-2-1-3-5-6(4)9-10-8-5;/h8-11H,12H2,1-7H3,(H,20,21);1-7H,8,14H2;1-3H;1H. The minimum atomic E-state index is -0.495. The number of hydrogen-bond donors (Lipinski definition) is 2. The number of benzene rings is 4. The average molecular weight is 826 g/mol. The maximum Gasteiger partial charge on any atom is 0.494 e. The number of rotatable bonds is 5. The first-order valence-electron chi connectivity index (χ1n) is 16.4. The fraction of sp³-hybridized carbons (Fsp3) is 0.324. The Balaban J connectivity index is 0.000000187. The number of amides is 1. The summed E-state index contributed by atoms with van der Waals surface area (Å²) in [6, 6.07) is 28.0. The van der Waals surface area contributed by atoms with Crippen LogP contribution in [0.1, 0.15) is 59.6 Å². The van der Waals surface area contributed by atoms with Gasteiger partial charge in [-0.15, -0.1) is 12.4 Å². The molecule has 52 heavy (non-hydrogen) atoms. The lowest BCUT2D eigenvalue weighted by Crippen LogP contribution is -2.41. The molecule has 2 aromatic heterocycles. The van der Waals surface area contributed by atoms with E-state index in [9.17, 15) is 4.79 Å². The van der Waals surface area contributed by atoms with Gasteiger partial charge in [0.05, 0.1) is 34.7 Å². The van der Waals surface area contributed by atoms with Gasteiger partial charge in [0.15, 0.2) is 0 Å². The van der Waals surface area contributed by atoms with Crippen LogP contribution in [0.15, 0.2) is 89.4 Å². The van der Waals surface area contributed by atoms with Crippen molar-refractivity contribution in [3.8, 4) is 11.1 Å². The summed E-state index contributed by atoms with van der Waals surface area (Å²) in [5, 5.41) is 2.75. The zero-order valence-electron chi connectivity index (χ0n) is 30.2. The molecule has 0 atom stereocenters. The van der Waals surface area contributed by atoms with E-state index in [1.807, 2.05) is 115 Å². The zero-order valence-corrected chi connectivity index (χ0v) is 34.2. The van der Waals surface area contributed by atoms with Crippen molar-refractivity contribution in [3.63, 3.8) is 0 Å². The van der Waals surface area contributed by atoms with Crippen LogP contribution < -0.4 is 16.5 Å². The predicted octanol–water partition coefficient (Wildman–Crippen LogP) is 8.70. The van der Waals surface area contributed by atoms with Gasteiger partial charge >= 0.3 is 13.2 Å². The van der Waals surface area contributed by atoms with Crippen molar-refractivity contribution in [2.24, 2.45) is 5.73 Å². The number of nitrogens with one attached hydrogen (secondary N) is 1. The van der Waals surface area contributed by atoms with Crippen molar-refractivity contribution in [3.05, 3.63) is 101 Å². The molecule has 3 heterocycles. The Hall–Kier alpha value is -3.50. The normalized spacial score (nSPS) is 14.4. The zero-order chi connectivity index (χ0) is 36.8. The number of carbonyl (C=O) groups excluding carboxylic acids is 1. The summed E-state index contributed by atoms with van der Waals surface area (Å²) in [4.78, 5) is 11.7. The van der Waals surface area contributed by atoms with E-state index in [0.717, 1.165) is 54.3 Å². The van der Waals surface area contributed by atoms with E-state index in [-0.39, 0.29) is 30.7 Å². The predicted molar refractivity (Wildman–Crippen MR) is 218 cm³/mol. The number of alkyl carbamates (subject to hydrolysis) is 1. The van der Waals surface area contributed by atoms with Gasteiger partial charge in [-0.25, -0.2) is 4.79 Å². The molecule has 0 unspecified atom stereocenters. The number of halogens is 2. The summed E-state index contributed by atoms with van der Waals surface area (Å²) in [6.45, 7) is 14.6. The molecule has 15 heteroatoms. The number of fused-ring (bicyclic) bond motifs is 2. The molecule has 1 fully saturated rings. The molecule has 0 saturated carbocycles. The van der Waals surface area contributed by atoms with Gasteiger partial charge in [0, 0.05) is 23.1 Å². The van der Waals surface area contributed by atoms with E-state index in [1.165, 1.54) is 23.5 Å². The van der Waals surface area contributed by atoms with Crippen LogP contribution >= 0.6 is 51.8 Å². The van der Waals surface area contributed by atoms with Gasteiger partial charge in [0.25, 0.3) is 0 Å². The first-order valence-corrected chi connectivity index (χ1v) is 18.7. The van der Waals surface area contributed by atoms with Gasteiger partial charge in [-0.3, -0.25) is 0 Å². The third-order valence-electron chi connectivity index (χ3n) is 8.36. The fourth-order valence-corrected chi connectivity index (χ4v) is 6.55. The second-order valence-electron chi connectivity index (χ2n) is 13.9. The first-order chi connectivity index (χ1) is 24.2. The van der Waals surface area contributed by atoms with Crippen LogP contribution in [-0.4, -0.2) is 47.5 Å². The van der Waals surface area contributed by atoms with Gasteiger partial charge in [-0.2, -0.15) is 17.5 Å². The molecule has 7 rings (SSSR count). The Kier molecular flexibility index (Phi) is 13.9. The van der Waals surface area contributed by atoms with E-state index in [1.54, 1.807) is 0 Å². The Morgan fingerprint density at radius 2 is 1.35 bits per heavy atom. The topological polar surface area (TPSA) is 134 Å². The largest absolute Gasteiger partial charge is 0.494 e. The lowest BCUT2D eigenvalue weighted by atomic mass is 9.79. The Morgan fingerprint density at radius 3 is 1.90 bits per heavy atom. The quantitative estimate of drug-likeness (QED) is 0.164. The van der Waals surface area contributed by atoms with E-state index in [4.69, 9.17) is 19.8 Å². The van der Waals surface area contributed by atoms with Crippen LogP contribution in [-0.2, 0) is 27.1 Å². The number of nitrogens with two attached hydrogens (primary N) is 1. The molecular formula is C37H43BBrClN6O4S2. The molecule has 6 aromatic rings. The molecule has 1 aliphatic rings. The second kappa shape index (κ2) is 17.6. The number of aromatic nitrogens is 4. The minimum Gasteiger partial charge on any atom is -0.444 e. The molecule has 3 N–H and O–H groups in total. The highest BCUT2D eigenvalue weighted by atomic mass is 79.9. The highest BCUT2D eigenvalue weighted by Crippen LogP contribution is 2.36. The van der Waals surface area contributed by atoms with Crippen LogP contribution in [0, 0.1) is 0 Å². The Bertz CT molecular complexity index is 2060. The van der Waals surface area contributed by atoms with E-state index >= 15 is 0 Å². The number of carbonyl (C=O) groups is 1. The van der Waals surface area contributed by atoms with Gasteiger partial charge in [-0.1, -0.05) is 66.7 Å². The minimum absolute atomic E-state index is 0. The van der Waals surface area contributed by atoms with Crippen LogP contribution in [0.4, 0.5) is 4.79 Å². The molecule has 0 bridgehead atoms. The number of hydrogen-bond acceptors (Lipinski definition) is 11. The van der Waals surface area contributed by atoms with Crippen LogP contribution in [0.5, 0.6) is 0 Å². The van der Waals surface area contributed by atoms with Gasteiger partial charge < -0.3 is 25.1 Å². The number of ether oxygens (including phenoxy) is 1. The lowest BCUT2D eigenvalue weighted by molar-refractivity contribution is 0.00578. The number of nitrogens with zero attached hydrogens (tertiary/aromatic N) is 4. The van der Waals surface area contributed by atoms with Gasteiger partial charge in [0.1, 0.15) is 27.7 Å². The second-order valence-corrected chi connectivity index (χ2v) is 15.8. The van der Waals surface area contributed by atoms with E-state index in [0.29, 0.717) is 13.1 Å². The third-order valence-corrected chi connectivity index (χ3v) is 10.1. The molecular weight excluding hydrogens is 783 g/mol. The summed E-state index contributed by atoms with van der Waals surface area (Å²) in [7, 11) is -0.372. The molecule has 1 amide bonds. The van der Waals surface area contributed by atoms with Crippen LogP contribution in [0.2, 0.25) is 0 Å². The highest BCUT2D eigenvalue weighted by Gasteiger charge is 2.51. The van der Waals surface area contributed by atoms with Crippen molar-refractivity contribution < 1.29 is 18.8 Å². The molecule has 0 radical (unpaired) electrons. The molecule has 1 aliphatic heterocycles. The fourth-order valence-electron chi connectivity index (χ4n) is 4.89. The highest BCUT2D eigenvalue weighted by molar-refractivity contribution is 9.10. The van der Waals surface area contributed by atoms with Gasteiger partial charge in [0.2, 0.25) is 0 Å². The smallest absolute Gasteiger partial charge is 0.444 e. The SMILES string of the molecule is Brc1cccc2nsnc12.CC(C)(C)OC(=O)NCc1ccc(B2OC(C)(C)C(C)(C)O2)cc1.Cl.NCc1ccc(-c2cccc3nsnc23)cc1. The Labute approximate surface area is 328 Å². The van der Waals surface area contributed by atoms with Gasteiger partial charge in [-0.05, 0) is 105 Å². The van der Waals surface area contributed by atoms with Crippen molar-refractivity contribution in [1.82, 2.24) is 22.8 Å². The summed E-state index contributed by atoms with van der Waals surface area (Å²) < 4.78 is 35.1. The molecule has 274 valence electrons. The first kappa shape index (κ1) is 41.3. The van der Waals surface area contributed by atoms with Crippen LogP contribution in [0.25, 0.3) is 33.2 Å². The van der Waals surface area contributed by atoms with Crippen molar-refractivity contribution in [2.75, 3.05) is 0 Å². The molecule has 1 saturated heterocycles. The summed E-state index contributed by atoms with van der Waals surface area (Å²) in [5.74, 6) is 0. The average Bonchev–Trinajstić information content (AvgIpc) is 3.82. The van der Waals surface area contributed by atoms with E-state index < -0.39 is 11.7 Å². The summed E-state index contributed by atoms with van der Waals surface area (Å²) >= 11 is 5.87.